The van der Waals surface area contributed by atoms with Crippen LogP contribution in [-0.4, -0.2) is 65.9 Å². The van der Waals surface area contributed by atoms with Crippen molar-refractivity contribution in [3.8, 4) is 17.6 Å². The zero-order chi connectivity index (χ0) is 38.1. The molecule has 1 aromatic heterocycles. The van der Waals surface area contributed by atoms with Gasteiger partial charge < -0.3 is 33.7 Å². The largest absolute Gasteiger partial charge is 0.497 e. The van der Waals surface area contributed by atoms with Crippen molar-refractivity contribution >= 4 is 14.3 Å². The lowest BCUT2D eigenvalue weighted by molar-refractivity contribution is -0.0926. The Bertz CT molecular complexity index is 1820. The Morgan fingerprint density at radius 3 is 2.08 bits per heavy atom. The zero-order valence-electron chi connectivity index (χ0n) is 30.8. The van der Waals surface area contributed by atoms with Crippen LogP contribution in [0.15, 0.2) is 89.9 Å². The first-order chi connectivity index (χ1) is 25.5. The molecule has 1 aliphatic rings. The smallest absolute Gasteiger partial charge is 0.351 e. The topological polar surface area (TPSA) is 143 Å². The first kappa shape index (κ1) is 39.8. The molecule has 4 aromatic rings. The van der Waals surface area contributed by atoms with E-state index >= 15 is 0 Å². The average molecular weight is 748 g/mol. The molecule has 282 valence electrons. The van der Waals surface area contributed by atoms with E-state index in [2.05, 4.69) is 15.7 Å². The summed E-state index contributed by atoms with van der Waals surface area (Å²) in [5, 5.41) is 9.27. The highest BCUT2D eigenvalue weighted by molar-refractivity contribution is 7.44. The predicted octanol–water partition coefficient (Wildman–Crippen LogP) is 6.94. The number of nitrogen functional groups attached to an aromatic ring is 1. The second-order valence-corrected chi connectivity index (χ2v) is 14.4. The number of ether oxygens (including phenoxy) is 4. The van der Waals surface area contributed by atoms with E-state index in [1.807, 2.05) is 107 Å². The van der Waals surface area contributed by atoms with Crippen LogP contribution in [0.5, 0.6) is 11.5 Å². The highest BCUT2D eigenvalue weighted by Crippen LogP contribution is 2.50. The summed E-state index contributed by atoms with van der Waals surface area (Å²) in [6.07, 6.45) is -1.11. The van der Waals surface area contributed by atoms with Gasteiger partial charge in [0.2, 0.25) is 0 Å². The van der Waals surface area contributed by atoms with Gasteiger partial charge in [0.05, 0.1) is 52.2 Å². The first-order valence-electron chi connectivity index (χ1n) is 17.5. The van der Waals surface area contributed by atoms with Crippen molar-refractivity contribution in [1.82, 2.24) is 14.2 Å². The molecule has 1 saturated heterocycles. The van der Waals surface area contributed by atoms with Gasteiger partial charge in [-0.25, -0.2) is 13.9 Å². The van der Waals surface area contributed by atoms with Gasteiger partial charge in [0.1, 0.15) is 29.4 Å². The van der Waals surface area contributed by atoms with Crippen molar-refractivity contribution in [2.24, 2.45) is 0 Å². The summed E-state index contributed by atoms with van der Waals surface area (Å²) in [6.45, 7) is 8.30. The first-order valence-corrected chi connectivity index (χ1v) is 18.6. The van der Waals surface area contributed by atoms with Crippen LogP contribution in [0.1, 0.15) is 63.5 Å². The Labute approximate surface area is 311 Å². The van der Waals surface area contributed by atoms with Crippen LogP contribution in [0.25, 0.3) is 0 Å². The standard InChI is InChI=1S/C39H47FN5O7P/c1-26(2)45(27(3)4)53(50-22-10-21-41)52-34-23-36(44-24-33(40)37(42)43-38(44)46)51-35(34)25-49-39(28-11-8-7-9-12-28,29-13-17-31(47-5)18-14-29)30-15-19-32(48-6)20-16-30/h7-9,11-20,24,26-27,34-36H,10,22-23,25H2,1-6H3,(H2,42,43,46)/t34-,35+,36+,53?/m0/s1. The molecule has 2 heterocycles. The van der Waals surface area contributed by atoms with Crippen molar-refractivity contribution in [3.63, 3.8) is 0 Å². The molecular weight excluding hydrogens is 700 g/mol. The van der Waals surface area contributed by atoms with E-state index in [0.29, 0.717) is 11.5 Å². The number of methoxy groups -OCH3 is 2. The second kappa shape index (κ2) is 18.1. The molecule has 0 bridgehead atoms. The molecule has 0 radical (unpaired) electrons. The molecule has 0 aliphatic carbocycles. The molecule has 0 amide bonds. The fraction of sp³-hybridized carbons (Fsp3) is 0.410. The van der Waals surface area contributed by atoms with Crippen molar-refractivity contribution in [2.75, 3.05) is 33.2 Å². The van der Waals surface area contributed by atoms with Crippen LogP contribution < -0.4 is 20.9 Å². The predicted molar refractivity (Wildman–Crippen MR) is 200 cm³/mol. The number of hydrogen-bond donors (Lipinski definition) is 1. The van der Waals surface area contributed by atoms with Gasteiger partial charge in [-0.05, 0) is 68.7 Å². The quantitative estimate of drug-likeness (QED) is 0.0682. The summed E-state index contributed by atoms with van der Waals surface area (Å²) in [7, 11) is 1.50. The Balaban J connectivity index is 1.60. The number of benzene rings is 3. The van der Waals surface area contributed by atoms with Crippen LogP contribution in [-0.2, 0) is 24.1 Å². The Kier molecular flexibility index (Phi) is 13.6. The zero-order valence-corrected chi connectivity index (χ0v) is 31.7. The van der Waals surface area contributed by atoms with E-state index in [0.717, 1.165) is 27.5 Å². The van der Waals surface area contributed by atoms with E-state index in [1.165, 1.54) is 0 Å². The Hall–Kier alpha value is -4.41. The van der Waals surface area contributed by atoms with Crippen LogP contribution in [0.2, 0.25) is 0 Å². The molecule has 3 aromatic carbocycles. The summed E-state index contributed by atoms with van der Waals surface area (Å²) in [5.41, 5.74) is 6.15. The number of nitriles is 1. The molecule has 12 nitrogen and oxygen atoms in total. The van der Waals surface area contributed by atoms with Gasteiger partial charge in [-0.3, -0.25) is 4.57 Å². The van der Waals surface area contributed by atoms with E-state index in [1.54, 1.807) is 14.2 Å². The maximum absolute atomic E-state index is 14.7. The number of aromatic nitrogens is 2. The summed E-state index contributed by atoms with van der Waals surface area (Å²) in [4.78, 5) is 16.7. The number of hydrogen-bond acceptors (Lipinski definition) is 11. The molecular formula is C39H47FN5O7P. The molecule has 2 N–H and O–H groups in total. The molecule has 4 atom stereocenters. The maximum atomic E-state index is 14.7. The summed E-state index contributed by atoms with van der Waals surface area (Å²) < 4.78 is 55.7. The number of nitrogens with zero attached hydrogens (tertiary/aromatic N) is 4. The molecule has 53 heavy (non-hydrogen) atoms. The lowest BCUT2D eigenvalue weighted by atomic mass is 9.80. The molecule has 1 aliphatic heterocycles. The second-order valence-electron chi connectivity index (χ2n) is 13.0. The average Bonchev–Trinajstić information content (AvgIpc) is 3.56. The molecule has 1 fully saturated rings. The normalized spacial score (nSPS) is 18.0. The van der Waals surface area contributed by atoms with E-state index in [4.69, 9.17) is 33.7 Å². The number of halogens is 1. The SMILES string of the molecule is COc1ccc(C(OC[C@H]2O[C@@H](n3cc(F)c(N)nc3=O)C[C@@H]2OP(OCCC#N)N(C(C)C)C(C)C)(c2ccccc2)c2ccc(OC)cc2)cc1. The minimum absolute atomic E-state index is 0.0293. The van der Waals surface area contributed by atoms with Crippen LogP contribution in [0.4, 0.5) is 10.2 Å². The highest BCUT2D eigenvalue weighted by Gasteiger charge is 2.45. The van der Waals surface area contributed by atoms with Crippen molar-refractivity contribution in [2.45, 2.75) is 76.7 Å². The van der Waals surface area contributed by atoms with Crippen LogP contribution in [0, 0.1) is 17.1 Å². The van der Waals surface area contributed by atoms with Gasteiger partial charge in [-0.2, -0.15) is 10.2 Å². The fourth-order valence-electron chi connectivity index (χ4n) is 6.49. The lowest BCUT2D eigenvalue weighted by Crippen LogP contribution is -2.39. The van der Waals surface area contributed by atoms with Crippen molar-refractivity contribution in [1.29, 1.82) is 5.26 Å². The third-order valence-electron chi connectivity index (χ3n) is 8.95. The maximum Gasteiger partial charge on any atom is 0.351 e. The monoisotopic (exact) mass is 747 g/mol. The van der Waals surface area contributed by atoms with E-state index in [-0.39, 0.29) is 38.1 Å². The Morgan fingerprint density at radius 1 is 0.981 bits per heavy atom. The van der Waals surface area contributed by atoms with Gasteiger partial charge in [-0.15, -0.1) is 0 Å². The van der Waals surface area contributed by atoms with Crippen LogP contribution in [0.3, 0.4) is 0 Å². The van der Waals surface area contributed by atoms with E-state index < -0.39 is 49.9 Å². The molecule has 0 spiro atoms. The number of nitrogens with two attached hydrogens (primary N) is 1. The van der Waals surface area contributed by atoms with Crippen molar-refractivity contribution < 1.29 is 32.4 Å². The highest BCUT2D eigenvalue weighted by atomic mass is 31.2. The molecule has 1 unspecified atom stereocenters. The Morgan fingerprint density at radius 2 is 1.55 bits per heavy atom. The van der Waals surface area contributed by atoms with Gasteiger partial charge in [-0.1, -0.05) is 54.6 Å². The summed E-state index contributed by atoms with van der Waals surface area (Å²) in [6, 6.07) is 27.3. The lowest BCUT2D eigenvalue weighted by Gasteiger charge is -2.39. The summed E-state index contributed by atoms with van der Waals surface area (Å²) in [5.74, 6) is 0.0170. The van der Waals surface area contributed by atoms with Gasteiger partial charge in [0.25, 0.3) is 8.53 Å². The number of rotatable bonds is 17. The third kappa shape index (κ3) is 9.04. The van der Waals surface area contributed by atoms with Gasteiger partial charge >= 0.3 is 5.69 Å². The number of anilines is 1. The molecule has 5 rings (SSSR count). The summed E-state index contributed by atoms with van der Waals surface area (Å²) >= 11 is 0. The minimum atomic E-state index is -1.72. The van der Waals surface area contributed by atoms with Crippen molar-refractivity contribution in [3.05, 3.63) is 118 Å². The third-order valence-corrected chi connectivity index (χ3v) is 11.1. The molecule has 14 heteroatoms. The van der Waals surface area contributed by atoms with Gasteiger partial charge in [0.15, 0.2) is 11.6 Å². The van der Waals surface area contributed by atoms with E-state index in [9.17, 15) is 14.4 Å². The van der Waals surface area contributed by atoms with Gasteiger partial charge in [0, 0.05) is 18.5 Å². The molecule has 0 saturated carbocycles. The van der Waals surface area contributed by atoms with Crippen LogP contribution >= 0.6 is 8.53 Å². The minimum Gasteiger partial charge on any atom is -0.497 e. The fourth-order valence-corrected chi connectivity index (χ4v) is 8.25.